The van der Waals surface area contributed by atoms with Crippen LogP contribution >= 0.6 is 11.8 Å². The first kappa shape index (κ1) is 18.6. The van der Waals surface area contributed by atoms with Crippen molar-refractivity contribution in [2.24, 2.45) is 5.73 Å². The van der Waals surface area contributed by atoms with E-state index < -0.39 is 6.23 Å². The van der Waals surface area contributed by atoms with Crippen LogP contribution in [0.15, 0.2) is 34.9 Å². The van der Waals surface area contributed by atoms with Crippen molar-refractivity contribution in [3.8, 4) is 0 Å². The fraction of sp³-hybridized carbons (Fsp3) is 0.471. The molecule has 1 amide bonds. The highest BCUT2D eigenvalue weighted by Gasteiger charge is 2.22. The van der Waals surface area contributed by atoms with E-state index in [0.29, 0.717) is 24.2 Å². The van der Waals surface area contributed by atoms with Crippen molar-refractivity contribution in [1.82, 2.24) is 10.6 Å². The number of benzene rings is 1. The maximum atomic E-state index is 12.6. The molecule has 2 unspecified atom stereocenters. The topological polar surface area (TPSA) is 99.4 Å². The van der Waals surface area contributed by atoms with Gasteiger partial charge in [0.2, 0.25) is 0 Å². The number of aliphatic hydroxyl groups is 1. The molecule has 1 heterocycles. The molecule has 6 nitrogen and oxygen atoms in total. The second-order valence-electron chi connectivity index (χ2n) is 5.79. The Morgan fingerprint density at radius 3 is 2.79 bits per heavy atom. The second kappa shape index (κ2) is 8.96. The molecule has 0 aliphatic carbocycles. The Bertz CT molecular complexity index is 592. The summed E-state index contributed by atoms with van der Waals surface area (Å²) < 4.78 is 0. The van der Waals surface area contributed by atoms with Crippen molar-refractivity contribution in [3.05, 3.63) is 40.4 Å². The first-order valence-corrected chi connectivity index (χ1v) is 9.04. The van der Waals surface area contributed by atoms with Gasteiger partial charge in [-0.3, -0.25) is 4.79 Å². The molecule has 24 heavy (non-hydrogen) atoms. The smallest absolute Gasteiger partial charge is 0.255 e. The largest absolute Gasteiger partial charge is 0.374 e. The Balaban J connectivity index is 1.96. The molecule has 1 aromatic carbocycles. The Morgan fingerprint density at radius 1 is 1.38 bits per heavy atom. The van der Waals surface area contributed by atoms with E-state index in [1.165, 1.54) is 4.91 Å². The molecule has 0 aromatic heterocycles. The average molecular weight is 350 g/mol. The third-order valence-corrected chi connectivity index (χ3v) is 4.99. The summed E-state index contributed by atoms with van der Waals surface area (Å²) in [5.41, 5.74) is 7.51. The predicted molar refractivity (Wildman–Crippen MR) is 99.3 cm³/mol. The summed E-state index contributed by atoms with van der Waals surface area (Å²) in [7, 11) is 0. The predicted octanol–water partition coefficient (Wildman–Crippen LogP) is 2.15. The average Bonchev–Trinajstić information content (AvgIpc) is 2.85. The van der Waals surface area contributed by atoms with Crippen molar-refractivity contribution < 1.29 is 9.90 Å². The van der Waals surface area contributed by atoms with Gasteiger partial charge in [-0.2, -0.15) is 0 Å². The van der Waals surface area contributed by atoms with Gasteiger partial charge in [0.05, 0.1) is 5.56 Å². The van der Waals surface area contributed by atoms with Crippen molar-refractivity contribution in [3.63, 3.8) is 0 Å². The summed E-state index contributed by atoms with van der Waals surface area (Å²) in [5.74, 6) is -0.181. The van der Waals surface area contributed by atoms with Crippen LogP contribution in [0.2, 0.25) is 0 Å². The standard InChI is InChI=1S/C17H26N4O2S/c1-11-12(2)24-17(19-11)21-16(23)13-7-3-4-8-14(13)20-15(22)9-5-6-10-18/h3-4,7-8,15,17,19-20,22H,5-6,9-10,18H2,1-2H3,(H,21,23). The van der Waals surface area contributed by atoms with E-state index >= 15 is 0 Å². The van der Waals surface area contributed by atoms with Crippen LogP contribution in [0.1, 0.15) is 43.5 Å². The molecule has 1 aromatic rings. The van der Waals surface area contributed by atoms with Crippen LogP contribution in [0, 0.1) is 0 Å². The lowest BCUT2D eigenvalue weighted by atomic mass is 10.1. The minimum Gasteiger partial charge on any atom is -0.374 e. The van der Waals surface area contributed by atoms with Gasteiger partial charge >= 0.3 is 0 Å². The van der Waals surface area contributed by atoms with E-state index in [2.05, 4.69) is 16.0 Å². The Hall–Kier alpha value is -1.70. The van der Waals surface area contributed by atoms with Crippen molar-refractivity contribution in [2.75, 3.05) is 11.9 Å². The van der Waals surface area contributed by atoms with Gasteiger partial charge in [0.15, 0.2) is 5.50 Å². The minimum absolute atomic E-state index is 0.167. The highest BCUT2D eigenvalue weighted by atomic mass is 32.2. The minimum atomic E-state index is -0.698. The van der Waals surface area contributed by atoms with E-state index in [1.54, 1.807) is 23.9 Å². The molecule has 0 fully saturated rings. The van der Waals surface area contributed by atoms with E-state index in [9.17, 15) is 9.90 Å². The quantitative estimate of drug-likeness (QED) is 0.364. The lowest BCUT2D eigenvalue weighted by Crippen LogP contribution is -2.40. The Morgan fingerprint density at radius 2 is 2.12 bits per heavy atom. The molecule has 0 spiro atoms. The lowest BCUT2D eigenvalue weighted by molar-refractivity contribution is 0.0948. The number of unbranched alkanes of at least 4 members (excludes halogenated alkanes) is 1. The SMILES string of the molecule is CC1=C(C)SC(NC(=O)c2ccccc2NC(O)CCCCN)N1. The van der Waals surface area contributed by atoms with Crippen LogP contribution in [-0.2, 0) is 0 Å². The number of carbonyl (C=O) groups is 1. The number of hydrogen-bond acceptors (Lipinski definition) is 6. The Labute approximate surface area is 147 Å². The lowest BCUT2D eigenvalue weighted by Gasteiger charge is -2.19. The fourth-order valence-corrected chi connectivity index (χ4v) is 3.39. The monoisotopic (exact) mass is 350 g/mol. The summed E-state index contributed by atoms with van der Waals surface area (Å²) >= 11 is 1.58. The maximum absolute atomic E-state index is 12.6. The number of nitrogens with one attached hydrogen (secondary N) is 3. The van der Waals surface area contributed by atoms with Gasteiger partial charge in [-0.1, -0.05) is 23.9 Å². The van der Waals surface area contributed by atoms with Gasteiger partial charge in [-0.15, -0.1) is 0 Å². The molecule has 0 radical (unpaired) electrons. The van der Waals surface area contributed by atoms with Crippen LogP contribution in [-0.4, -0.2) is 29.3 Å². The number of carbonyl (C=O) groups excluding carboxylic acids is 1. The zero-order chi connectivity index (χ0) is 17.5. The van der Waals surface area contributed by atoms with Crippen molar-refractivity contribution >= 4 is 23.4 Å². The molecule has 2 atom stereocenters. The third-order valence-electron chi connectivity index (χ3n) is 3.86. The van der Waals surface area contributed by atoms with E-state index in [1.807, 2.05) is 26.0 Å². The molecular formula is C17H26N4O2S. The third kappa shape index (κ3) is 5.15. The number of thioether (sulfide) groups is 1. The highest BCUT2D eigenvalue weighted by Crippen LogP contribution is 2.28. The normalized spacial score (nSPS) is 18.2. The molecule has 0 bridgehead atoms. The molecular weight excluding hydrogens is 324 g/mol. The molecule has 132 valence electrons. The number of anilines is 1. The molecule has 0 saturated carbocycles. The summed E-state index contributed by atoms with van der Waals surface area (Å²) in [4.78, 5) is 13.7. The number of amides is 1. The summed E-state index contributed by atoms with van der Waals surface area (Å²) in [6.07, 6.45) is 1.61. The maximum Gasteiger partial charge on any atom is 0.255 e. The van der Waals surface area contributed by atoms with Crippen LogP contribution in [0.5, 0.6) is 0 Å². The van der Waals surface area contributed by atoms with E-state index in [4.69, 9.17) is 5.73 Å². The van der Waals surface area contributed by atoms with Crippen LogP contribution < -0.4 is 21.7 Å². The van der Waals surface area contributed by atoms with Crippen molar-refractivity contribution in [1.29, 1.82) is 0 Å². The molecule has 6 N–H and O–H groups in total. The number of hydrogen-bond donors (Lipinski definition) is 5. The van der Waals surface area contributed by atoms with Crippen LogP contribution in [0.25, 0.3) is 0 Å². The summed E-state index contributed by atoms with van der Waals surface area (Å²) in [6.45, 7) is 4.62. The molecule has 0 saturated heterocycles. The first-order valence-electron chi connectivity index (χ1n) is 8.16. The fourth-order valence-electron chi connectivity index (χ4n) is 2.40. The van der Waals surface area contributed by atoms with Crippen molar-refractivity contribution in [2.45, 2.75) is 44.8 Å². The molecule has 1 aliphatic heterocycles. The molecule has 2 rings (SSSR count). The van der Waals surface area contributed by atoms with Gasteiger partial charge in [-0.05, 0) is 51.8 Å². The van der Waals surface area contributed by atoms with Gasteiger partial charge in [0, 0.05) is 16.3 Å². The first-order chi connectivity index (χ1) is 11.5. The van der Waals surface area contributed by atoms with Gasteiger partial charge < -0.3 is 26.8 Å². The number of allylic oxidation sites excluding steroid dienone is 2. The van der Waals surface area contributed by atoms with Crippen LogP contribution in [0.4, 0.5) is 5.69 Å². The molecule has 1 aliphatic rings. The summed E-state index contributed by atoms with van der Waals surface area (Å²) in [5, 5.41) is 19.3. The number of nitrogens with two attached hydrogens (primary N) is 1. The van der Waals surface area contributed by atoms with Gasteiger partial charge in [-0.25, -0.2) is 0 Å². The number of rotatable bonds is 8. The second-order valence-corrected chi connectivity index (χ2v) is 7.11. The number of aliphatic hydroxyl groups excluding tert-OH is 1. The Kier molecular flexibility index (Phi) is 6.96. The summed E-state index contributed by atoms with van der Waals surface area (Å²) in [6, 6.07) is 7.19. The van der Waals surface area contributed by atoms with E-state index in [-0.39, 0.29) is 11.4 Å². The van der Waals surface area contributed by atoms with Gasteiger partial charge in [0.1, 0.15) is 6.23 Å². The van der Waals surface area contributed by atoms with Gasteiger partial charge in [0.25, 0.3) is 5.91 Å². The van der Waals surface area contributed by atoms with E-state index in [0.717, 1.165) is 18.5 Å². The highest BCUT2D eigenvalue weighted by molar-refractivity contribution is 8.03. The zero-order valence-electron chi connectivity index (χ0n) is 14.1. The molecule has 7 heteroatoms. The zero-order valence-corrected chi connectivity index (χ0v) is 15.0. The van der Waals surface area contributed by atoms with Crippen LogP contribution in [0.3, 0.4) is 0 Å². The number of para-hydroxylation sites is 1.